The van der Waals surface area contributed by atoms with Gasteiger partial charge in [-0.05, 0) is 72.6 Å². The number of fused-ring (bicyclic) bond motifs is 3. The number of ketones is 1. The number of ether oxygens (including phenoxy) is 1. The Bertz CT molecular complexity index is 781. The van der Waals surface area contributed by atoms with E-state index in [4.69, 9.17) is 9.84 Å². The van der Waals surface area contributed by atoms with Gasteiger partial charge in [0.25, 0.3) is 0 Å². The molecule has 28 heavy (non-hydrogen) atoms. The van der Waals surface area contributed by atoms with Crippen LogP contribution >= 0.6 is 0 Å². The topological polar surface area (TPSA) is 63.6 Å². The van der Waals surface area contributed by atoms with Crippen LogP contribution in [0.1, 0.15) is 93.3 Å². The van der Waals surface area contributed by atoms with Gasteiger partial charge in [-0.25, -0.2) is 4.79 Å². The molecule has 1 N–H and O–H groups in total. The molecule has 0 saturated heterocycles. The van der Waals surface area contributed by atoms with E-state index < -0.39 is 0 Å². The van der Waals surface area contributed by atoms with Gasteiger partial charge in [-0.1, -0.05) is 40.2 Å². The zero-order valence-electron chi connectivity index (χ0n) is 17.9. The summed E-state index contributed by atoms with van der Waals surface area (Å²) in [6, 6.07) is 4.24. The molecule has 0 spiro atoms. The van der Waals surface area contributed by atoms with Gasteiger partial charge in [0.05, 0.1) is 12.2 Å². The lowest BCUT2D eigenvalue weighted by Gasteiger charge is -2.54. The van der Waals surface area contributed by atoms with Crippen LogP contribution in [0.4, 0.5) is 0 Å². The van der Waals surface area contributed by atoms with Crippen molar-refractivity contribution < 1.29 is 19.4 Å². The molecule has 1 aromatic carbocycles. The smallest absolute Gasteiger partial charge is 0.338 e. The number of rotatable bonds is 5. The van der Waals surface area contributed by atoms with Crippen LogP contribution < -0.4 is 0 Å². The van der Waals surface area contributed by atoms with Crippen LogP contribution in [0.3, 0.4) is 0 Å². The van der Waals surface area contributed by atoms with Gasteiger partial charge >= 0.3 is 5.97 Å². The van der Waals surface area contributed by atoms with E-state index in [1.165, 1.54) is 11.1 Å². The number of hydrogen-bond donors (Lipinski definition) is 1. The summed E-state index contributed by atoms with van der Waals surface area (Å²) in [4.78, 5) is 25.3. The summed E-state index contributed by atoms with van der Waals surface area (Å²) >= 11 is 0. The standard InChI is InChI=1S/C24H34O4/c1-15(2)18-13-17-7-8-21-23(4,16(3)26)9-6-10-24(21,5)20(17)14-19(18)22(27)28-12-11-25/h13-15,21,25H,6-12H2,1-5H3. The van der Waals surface area contributed by atoms with Crippen molar-refractivity contribution in [2.24, 2.45) is 11.3 Å². The summed E-state index contributed by atoms with van der Waals surface area (Å²) in [7, 11) is 0. The molecule has 1 fully saturated rings. The quantitative estimate of drug-likeness (QED) is 0.754. The molecule has 1 saturated carbocycles. The first kappa shape index (κ1) is 21.0. The zero-order valence-corrected chi connectivity index (χ0v) is 17.9. The largest absolute Gasteiger partial charge is 0.460 e. The Hall–Kier alpha value is -1.68. The number of hydrogen-bond acceptors (Lipinski definition) is 4. The number of carbonyl (C=O) groups excluding carboxylic acids is 2. The molecule has 0 bridgehead atoms. The zero-order chi connectivity index (χ0) is 20.7. The van der Waals surface area contributed by atoms with Gasteiger partial charge in [-0.3, -0.25) is 4.79 Å². The van der Waals surface area contributed by atoms with Gasteiger partial charge in [0.2, 0.25) is 0 Å². The number of aryl methyl sites for hydroxylation is 1. The summed E-state index contributed by atoms with van der Waals surface area (Å²) < 4.78 is 5.26. The van der Waals surface area contributed by atoms with Gasteiger partial charge in [0, 0.05) is 5.41 Å². The van der Waals surface area contributed by atoms with Crippen LogP contribution in [0.5, 0.6) is 0 Å². The third-order valence-electron chi connectivity index (χ3n) is 7.49. The first-order valence-corrected chi connectivity index (χ1v) is 10.6. The Morgan fingerprint density at radius 2 is 1.96 bits per heavy atom. The Balaban J connectivity index is 2.12. The second-order valence-electron chi connectivity index (χ2n) is 9.45. The maximum absolute atomic E-state index is 12.7. The van der Waals surface area contributed by atoms with Crippen LogP contribution in [-0.2, 0) is 21.4 Å². The molecule has 0 aliphatic heterocycles. The molecule has 3 atom stereocenters. The van der Waals surface area contributed by atoms with Gasteiger partial charge < -0.3 is 9.84 Å². The maximum atomic E-state index is 12.7. The highest BCUT2D eigenvalue weighted by Crippen LogP contribution is 2.57. The fourth-order valence-corrected chi connectivity index (χ4v) is 5.83. The number of benzene rings is 1. The Labute approximate surface area is 168 Å². The lowest BCUT2D eigenvalue weighted by Crippen LogP contribution is -2.51. The third kappa shape index (κ3) is 3.30. The van der Waals surface area contributed by atoms with Crippen LogP contribution in [-0.4, -0.2) is 30.1 Å². The van der Waals surface area contributed by atoms with Crippen LogP contribution in [0.25, 0.3) is 0 Å². The third-order valence-corrected chi connectivity index (χ3v) is 7.49. The molecule has 0 aromatic heterocycles. The molecule has 3 rings (SSSR count). The molecular formula is C24H34O4. The number of aliphatic hydroxyl groups excluding tert-OH is 1. The minimum absolute atomic E-state index is 0.00968. The van der Waals surface area contributed by atoms with E-state index in [2.05, 4.69) is 33.8 Å². The molecule has 4 heteroatoms. The average Bonchev–Trinajstić information content (AvgIpc) is 2.64. The van der Waals surface area contributed by atoms with Crippen LogP contribution in [0, 0.1) is 11.3 Å². The SMILES string of the molecule is CC(=O)C1(C)CCCC2(C)c3cc(C(=O)OCCO)c(C(C)C)cc3CCC12. The minimum Gasteiger partial charge on any atom is -0.460 e. The molecule has 0 amide bonds. The fraction of sp³-hybridized carbons (Fsp3) is 0.667. The van der Waals surface area contributed by atoms with E-state index in [9.17, 15) is 9.59 Å². The summed E-state index contributed by atoms with van der Waals surface area (Å²) in [6.07, 6.45) is 4.99. The molecule has 1 aromatic rings. The van der Waals surface area contributed by atoms with Crippen molar-refractivity contribution in [1.29, 1.82) is 0 Å². The number of esters is 1. The second kappa shape index (κ2) is 7.62. The van der Waals surface area contributed by atoms with Gasteiger partial charge in [-0.2, -0.15) is 0 Å². The van der Waals surface area contributed by atoms with Crippen molar-refractivity contribution in [1.82, 2.24) is 0 Å². The predicted molar refractivity (Wildman–Crippen MR) is 110 cm³/mol. The highest BCUT2D eigenvalue weighted by molar-refractivity contribution is 5.92. The average molecular weight is 387 g/mol. The van der Waals surface area contributed by atoms with Crippen molar-refractivity contribution in [3.05, 3.63) is 34.4 Å². The first-order valence-electron chi connectivity index (χ1n) is 10.6. The minimum atomic E-state index is -0.364. The first-order chi connectivity index (χ1) is 13.1. The van der Waals surface area contributed by atoms with E-state index in [0.717, 1.165) is 37.7 Å². The summed E-state index contributed by atoms with van der Waals surface area (Å²) in [5, 5.41) is 9.03. The van der Waals surface area contributed by atoms with E-state index >= 15 is 0 Å². The van der Waals surface area contributed by atoms with Crippen molar-refractivity contribution in [3.8, 4) is 0 Å². The fourth-order valence-electron chi connectivity index (χ4n) is 5.83. The van der Waals surface area contributed by atoms with E-state index in [0.29, 0.717) is 11.5 Å². The Morgan fingerprint density at radius 1 is 1.25 bits per heavy atom. The van der Waals surface area contributed by atoms with E-state index in [-0.39, 0.29) is 41.7 Å². The lowest BCUT2D eigenvalue weighted by molar-refractivity contribution is -0.134. The van der Waals surface area contributed by atoms with Crippen LogP contribution in [0.15, 0.2) is 12.1 Å². The number of carbonyl (C=O) groups is 2. The Kier molecular flexibility index (Phi) is 5.73. The maximum Gasteiger partial charge on any atom is 0.338 e. The Morgan fingerprint density at radius 3 is 2.57 bits per heavy atom. The second-order valence-corrected chi connectivity index (χ2v) is 9.45. The van der Waals surface area contributed by atoms with Gasteiger partial charge in [0.1, 0.15) is 12.4 Å². The lowest BCUT2D eigenvalue weighted by atomic mass is 9.49. The highest BCUT2D eigenvalue weighted by atomic mass is 16.5. The molecule has 4 nitrogen and oxygen atoms in total. The summed E-state index contributed by atoms with van der Waals surface area (Å²) in [6.45, 7) is 10.2. The number of Topliss-reactive ketones (excluding diaryl/α,β-unsaturated/α-hetero) is 1. The van der Waals surface area contributed by atoms with Crippen molar-refractivity contribution in [2.45, 2.75) is 78.1 Å². The monoisotopic (exact) mass is 386 g/mol. The molecule has 0 heterocycles. The van der Waals surface area contributed by atoms with Gasteiger partial charge in [-0.15, -0.1) is 0 Å². The van der Waals surface area contributed by atoms with Crippen molar-refractivity contribution >= 4 is 11.8 Å². The molecule has 3 unspecified atom stereocenters. The molecular weight excluding hydrogens is 352 g/mol. The highest BCUT2D eigenvalue weighted by Gasteiger charge is 2.53. The normalized spacial score (nSPS) is 29.2. The summed E-state index contributed by atoms with van der Waals surface area (Å²) in [5.74, 6) is 0.427. The summed E-state index contributed by atoms with van der Waals surface area (Å²) in [5.41, 5.74) is 3.76. The number of aliphatic hydroxyl groups is 1. The van der Waals surface area contributed by atoms with E-state index in [1.807, 2.05) is 6.07 Å². The van der Waals surface area contributed by atoms with E-state index in [1.54, 1.807) is 6.92 Å². The van der Waals surface area contributed by atoms with Crippen molar-refractivity contribution in [2.75, 3.05) is 13.2 Å². The molecule has 2 aliphatic rings. The molecule has 0 radical (unpaired) electrons. The van der Waals surface area contributed by atoms with Crippen LogP contribution in [0.2, 0.25) is 0 Å². The molecule has 154 valence electrons. The van der Waals surface area contributed by atoms with Gasteiger partial charge in [0.15, 0.2) is 0 Å². The predicted octanol–water partition coefficient (Wildman–Crippen LogP) is 4.56. The van der Waals surface area contributed by atoms with Crippen molar-refractivity contribution in [3.63, 3.8) is 0 Å². The molecule has 2 aliphatic carbocycles.